The van der Waals surface area contributed by atoms with Crippen LogP contribution >= 0.6 is 0 Å². The van der Waals surface area contributed by atoms with Gasteiger partial charge in [-0.3, -0.25) is 0 Å². The average Bonchev–Trinajstić information content (AvgIpc) is 2.54. The Morgan fingerprint density at radius 2 is 1.76 bits per heavy atom. The molecule has 3 nitrogen and oxygen atoms in total. The van der Waals surface area contributed by atoms with Gasteiger partial charge in [-0.25, -0.2) is 0 Å². The van der Waals surface area contributed by atoms with Gasteiger partial charge in [0.2, 0.25) is 0 Å². The van der Waals surface area contributed by atoms with Crippen LogP contribution in [0.15, 0.2) is 54.6 Å². The van der Waals surface area contributed by atoms with Crippen molar-refractivity contribution in [3.8, 4) is 6.07 Å². The maximum atomic E-state index is 8.86. The Hall–Kier alpha value is -2.57. The largest absolute Gasteiger partial charge is 0.396 e. The molecule has 0 radical (unpaired) electrons. The Morgan fingerprint density at radius 1 is 1.05 bits per heavy atom. The number of nitrogens with zero attached hydrogens (tertiary/aromatic N) is 1. The first kappa shape index (κ1) is 14.8. The highest BCUT2D eigenvalue weighted by Gasteiger charge is 1.93. The maximum absolute atomic E-state index is 8.86. The summed E-state index contributed by atoms with van der Waals surface area (Å²) in [5.41, 5.74) is 3.94. The molecular weight excluding hydrogens is 260 g/mol. The molecule has 0 fully saturated rings. The number of hydrogen-bond acceptors (Lipinski definition) is 3. The van der Waals surface area contributed by atoms with E-state index in [1.807, 2.05) is 60.7 Å². The van der Waals surface area contributed by atoms with Gasteiger partial charge in [0.15, 0.2) is 0 Å². The molecule has 2 N–H and O–H groups in total. The van der Waals surface area contributed by atoms with Gasteiger partial charge in [0.25, 0.3) is 0 Å². The molecule has 0 aliphatic heterocycles. The number of rotatable bonds is 6. The summed E-state index contributed by atoms with van der Waals surface area (Å²) in [6.07, 6.45) is 4.76. The summed E-state index contributed by atoms with van der Waals surface area (Å²) in [6.45, 7) is 0.916. The highest BCUT2D eigenvalue weighted by atomic mass is 16.2. The molecule has 106 valence electrons. The third kappa shape index (κ3) is 4.79. The summed E-state index contributed by atoms with van der Waals surface area (Å²) >= 11 is 0. The summed E-state index contributed by atoms with van der Waals surface area (Å²) in [7, 11) is 0. The van der Waals surface area contributed by atoms with Gasteiger partial charge in [-0.1, -0.05) is 36.4 Å². The van der Waals surface area contributed by atoms with Gasteiger partial charge < -0.3 is 10.4 Å². The highest BCUT2D eigenvalue weighted by Crippen LogP contribution is 2.10. The van der Waals surface area contributed by atoms with Crippen molar-refractivity contribution < 1.29 is 5.11 Å². The summed E-state index contributed by atoms with van der Waals surface area (Å²) in [5.74, 6) is 0. The molecule has 2 rings (SSSR count). The molecule has 0 aliphatic rings. The quantitative estimate of drug-likeness (QED) is 0.853. The Bertz CT molecular complexity index is 622. The fourth-order valence-electron chi connectivity index (χ4n) is 1.96. The van der Waals surface area contributed by atoms with Crippen molar-refractivity contribution in [3.05, 3.63) is 71.3 Å². The first-order valence-electron chi connectivity index (χ1n) is 6.92. The predicted octanol–water partition coefficient (Wildman–Crippen LogP) is 3.22. The van der Waals surface area contributed by atoms with Crippen molar-refractivity contribution >= 4 is 11.8 Å². The van der Waals surface area contributed by atoms with Crippen molar-refractivity contribution in [3.63, 3.8) is 0 Å². The second kappa shape index (κ2) is 7.88. The van der Waals surface area contributed by atoms with E-state index < -0.39 is 0 Å². The summed E-state index contributed by atoms with van der Waals surface area (Å²) in [5, 5.41) is 20.9. The normalized spacial score (nSPS) is 10.5. The van der Waals surface area contributed by atoms with Gasteiger partial charge in [0.1, 0.15) is 0 Å². The molecule has 21 heavy (non-hydrogen) atoms. The van der Waals surface area contributed by atoms with Gasteiger partial charge in [0.05, 0.1) is 11.6 Å². The molecule has 3 heteroatoms. The van der Waals surface area contributed by atoms with Crippen molar-refractivity contribution in [1.29, 1.82) is 5.26 Å². The second-order valence-electron chi connectivity index (χ2n) is 4.69. The van der Waals surface area contributed by atoms with E-state index in [1.165, 1.54) is 0 Å². The van der Waals surface area contributed by atoms with Gasteiger partial charge in [-0.05, 0) is 41.8 Å². The van der Waals surface area contributed by atoms with Gasteiger partial charge >= 0.3 is 0 Å². The predicted molar refractivity (Wildman–Crippen MR) is 85.9 cm³/mol. The van der Waals surface area contributed by atoms with E-state index in [1.54, 1.807) is 0 Å². The van der Waals surface area contributed by atoms with Gasteiger partial charge in [0, 0.05) is 18.8 Å². The number of nitriles is 1. The molecule has 0 saturated carbocycles. The van der Waals surface area contributed by atoms with E-state index in [-0.39, 0.29) is 6.61 Å². The number of anilines is 1. The van der Waals surface area contributed by atoms with E-state index in [2.05, 4.69) is 11.4 Å². The number of aliphatic hydroxyl groups is 1. The molecule has 0 spiro atoms. The van der Waals surface area contributed by atoms with Crippen molar-refractivity contribution in [2.45, 2.75) is 6.42 Å². The zero-order valence-electron chi connectivity index (χ0n) is 11.8. The smallest absolute Gasteiger partial charge is 0.0991 e. The van der Waals surface area contributed by atoms with Crippen LogP contribution in [0.25, 0.3) is 6.08 Å². The summed E-state index contributed by atoms with van der Waals surface area (Å²) < 4.78 is 0. The Labute approximate surface area is 125 Å². The standard InChI is InChI=1S/C18H18N2O/c19-14-17-5-3-15(4-6-17)2-1-12-20-18-9-7-16(8-10-18)11-13-21/h1-10,20-21H,11-13H2/b2-1+. The minimum Gasteiger partial charge on any atom is -0.396 e. The van der Waals surface area contributed by atoms with Crippen molar-refractivity contribution in [1.82, 2.24) is 0 Å². The van der Waals surface area contributed by atoms with Crippen LogP contribution in [0.5, 0.6) is 0 Å². The van der Waals surface area contributed by atoms with E-state index in [9.17, 15) is 0 Å². The molecule has 0 saturated heterocycles. The fraction of sp³-hybridized carbons (Fsp3) is 0.167. The first-order valence-corrected chi connectivity index (χ1v) is 6.92. The Morgan fingerprint density at radius 3 is 2.38 bits per heavy atom. The Balaban J connectivity index is 1.82. The number of hydrogen-bond donors (Lipinski definition) is 2. The van der Waals surface area contributed by atoms with Crippen LogP contribution in [0.3, 0.4) is 0 Å². The van der Waals surface area contributed by atoms with Crippen LogP contribution in [-0.4, -0.2) is 18.3 Å². The molecule has 0 atom stereocenters. The minimum atomic E-state index is 0.181. The van der Waals surface area contributed by atoms with Crippen LogP contribution in [-0.2, 0) is 6.42 Å². The van der Waals surface area contributed by atoms with Crippen LogP contribution in [0, 0.1) is 11.3 Å². The fourth-order valence-corrected chi connectivity index (χ4v) is 1.96. The van der Waals surface area contributed by atoms with Crippen molar-refractivity contribution in [2.24, 2.45) is 0 Å². The van der Waals surface area contributed by atoms with Crippen LogP contribution < -0.4 is 5.32 Å². The van der Waals surface area contributed by atoms with E-state index >= 15 is 0 Å². The number of benzene rings is 2. The molecule has 2 aromatic rings. The molecule has 0 bridgehead atoms. The van der Waals surface area contributed by atoms with Crippen LogP contribution in [0.2, 0.25) is 0 Å². The SMILES string of the molecule is N#Cc1ccc(/C=C/CNc2ccc(CCO)cc2)cc1. The lowest BCUT2D eigenvalue weighted by Crippen LogP contribution is -1.98. The monoisotopic (exact) mass is 278 g/mol. The molecule has 0 heterocycles. The lowest BCUT2D eigenvalue weighted by Gasteiger charge is -2.04. The van der Waals surface area contributed by atoms with Crippen LogP contribution in [0.4, 0.5) is 5.69 Å². The summed E-state index contributed by atoms with van der Waals surface area (Å²) in [6, 6.07) is 17.7. The van der Waals surface area contributed by atoms with Crippen molar-refractivity contribution in [2.75, 3.05) is 18.5 Å². The molecule has 2 aromatic carbocycles. The third-order valence-corrected chi connectivity index (χ3v) is 3.13. The minimum absolute atomic E-state index is 0.181. The zero-order valence-corrected chi connectivity index (χ0v) is 11.8. The van der Waals surface area contributed by atoms with Crippen LogP contribution in [0.1, 0.15) is 16.7 Å². The van der Waals surface area contributed by atoms with E-state index in [4.69, 9.17) is 10.4 Å². The second-order valence-corrected chi connectivity index (χ2v) is 4.69. The molecule has 0 unspecified atom stereocenters. The molecule has 0 aromatic heterocycles. The Kier molecular flexibility index (Phi) is 5.57. The van der Waals surface area contributed by atoms with E-state index in [0.29, 0.717) is 12.0 Å². The van der Waals surface area contributed by atoms with Gasteiger partial charge in [-0.15, -0.1) is 0 Å². The number of aliphatic hydroxyl groups excluding tert-OH is 1. The van der Waals surface area contributed by atoms with Gasteiger partial charge in [-0.2, -0.15) is 5.26 Å². The zero-order chi connectivity index (χ0) is 14.9. The lowest BCUT2D eigenvalue weighted by molar-refractivity contribution is 0.299. The number of nitrogens with one attached hydrogen (secondary N) is 1. The third-order valence-electron chi connectivity index (χ3n) is 3.13. The molecule has 0 aliphatic carbocycles. The summed E-state index contributed by atoms with van der Waals surface area (Å²) in [4.78, 5) is 0. The molecular formula is C18H18N2O. The highest BCUT2D eigenvalue weighted by molar-refractivity contribution is 5.52. The van der Waals surface area contributed by atoms with E-state index in [0.717, 1.165) is 23.4 Å². The first-order chi connectivity index (χ1) is 10.3. The maximum Gasteiger partial charge on any atom is 0.0991 e. The topological polar surface area (TPSA) is 56.0 Å². The molecule has 0 amide bonds. The lowest BCUT2D eigenvalue weighted by atomic mass is 10.1. The average molecular weight is 278 g/mol.